The summed E-state index contributed by atoms with van der Waals surface area (Å²) in [5.41, 5.74) is 0.864. The number of benzene rings is 1. The number of hydrogen-bond donors (Lipinski definition) is 1. The molecule has 0 aliphatic rings. The molecule has 5 heteroatoms. The van der Waals surface area contributed by atoms with Crippen LogP contribution in [0, 0.1) is 0 Å². The van der Waals surface area contributed by atoms with Gasteiger partial charge in [0.15, 0.2) is 0 Å². The Labute approximate surface area is 89.4 Å². The van der Waals surface area contributed by atoms with Gasteiger partial charge in [-0.05, 0) is 11.6 Å². The average Bonchev–Trinajstić information content (AvgIpc) is 2.21. The van der Waals surface area contributed by atoms with Gasteiger partial charge in [-0.3, -0.25) is 4.57 Å². The molecule has 14 heavy (non-hydrogen) atoms. The van der Waals surface area contributed by atoms with Gasteiger partial charge in [0.05, 0.1) is 6.16 Å². The Bertz CT molecular complexity index is 346. The van der Waals surface area contributed by atoms with Gasteiger partial charge >= 0.3 is 7.60 Å². The van der Waals surface area contributed by atoms with E-state index in [1.165, 1.54) is 14.2 Å². The minimum Gasteiger partial charge on any atom is -0.312 e. The van der Waals surface area contributed by atoms with Crippen molar-refractivity contribution in [3.8, 4) is 0 Å². The Hall–Kier alpha value is -0.280. The van der Waals surface area contributed by atoms with E-state index in [0.717, 1.165) is 10.5 Å². The molecule has 0 amide bonds. The second-order valence-electron chi connectivity index (χ2n) is 2.76. The normalized spacial score (nSPS) is 11.6. The fourth-order valence-electron chi connectivity index (χ4n) is 1.06. The maximum Gasteiger partial charge on any atom is 0.334 e. The number of thiol groups is 1. The largest absolute Gasteiger partial charge is 0.334 e. The molecule has 0 radical (unpaired) electrons. The highest BCUT2D eigenvalue weighted by molar-refractivity contribution is 7.80. The van der Waals surface area contributed by atoms with Crippen molar-refractivity contribution in [1.29, 1.82) is 0 Å². The van der Waals surface area contributed by atoms with Crippen molar-refractivity contribution in [2.75, 3.05) is 14.2 Å². The van der Waals surface area contributed by atoms with Crippen LogP contribution in [0.1, 0.15) is 5.56 Å². The molecular weight excluding hydrogens is 219 g/mol. The zero-order valence-corrected chi connectivity index (χ0v) is 9.92. The van der Waals surface area contributed by atoms with Gasteiger partial charge in [-0.2, -0.15) is 0 Å². The Morgan fingerprint density at radius 2 is 1.86 bits per heavy atom. The standard InChI is InChI=1S/C9H13O3PS/c1-11-13(10,12-2)7-8-5-3-4-6-9(8)14/h3-6,14H,7H2,1-2H3. The van der Waals surface area contributed by atoms with Gasteiger partial charge in [0.25, 0.3) is 0 Å². The molecule has 0 bridgehead atoms. The van der Waals surface area contributed by atoms with Crippen LogP contribution in [-0.4, -0.2) is 14.2 Å². The third-order valence-corrected chi connectivity index (χ3v) is 4.19. The summed E-state index contributed by atoms with van der Waals surface area (Å²) >= 11 is 4.26. The lowest BCUT2D eigenvalue weighted by atomic mass is 10.2. The van der Waals surface area contributed by atoms with Gasteiger partial charge in [-0.15, -0.1) is 12.6 Å². The van der Waals surface area contributed by atoms with Gasteiger partial charge in [0.2, 0.25) is 0 Å². The second-order valence-corrected chi connectivity index (χ2v) is 5.51. The van der Waals surface area contributed by atoms with Gasteiger partial charge in [-0.25, -0.2) is 0 Å². The van der Waals surface area contributed by atoms with E-state index >= 15 is 0 Å². The van der Waals surface area contributed by atoms with Crippen LogP contribution < -0.4 is 0 Å². The molecule has 78 valence electrons. The lowest BCUT2D eigenvalue weighted by Crippen LogP contribution is -1.94. The van der Waals surface area contributed by atoms with Gasteiger partial charge in [-0.1, -0.05) is 18.2 Å². The highest BCUT2D eigenvalue weighted by Gasteiger charge is 2.22. The van der Waals surface area contributed by atoms with E-state index in [0.29, 0.717) is 0 Å². The molecule has 3 nitrogen and oxygen atoms in total. The van der Waals surface area contributed by atoms with Crippen molar-refractivity contribution >= 4 is 20.2 Å². The van der Waals surface area contributed by atoms with Crippen molar-refractivity contribution < 1.29 is 13.6 Å². The van der Waals surface area contributed by atoms with Crippen molar-refractivity contribution in [1.82, 2.24) is 0 Å². The van der Waals surface area contributed by atoms with Crippen molar-refractivity contribution in [2.24, 2.45) is 0 Å². The number of hydrogen-bond acceptors (Lipinski definition) is 4. The van der Waals surface area contributed by atoms with E-state index in [-0.39, 0.29) is 6.16 Å². The topological polar surface area (TPSA) is 35.5 Å². The third kappa shape index (κ3) is 2.85. The lowest BCUT2D eigenvalue weighted by Gasteiger charge is -2.14. The molecule has 1 aromatic rings. The molecule has 1 rings (SSSR count). The molecule has 0 N–H and O–H groups in total. The smallest absolute Gasteiger partial charge is 0.312 e. The molecule has 0 atom stereocenters. The first kappa shape index (κ1) is 11.8. The van der Waals surface area contributed by atoms with Crippen LogP contribution in [0.15, 0.2) is 29.2 Å². The van der Waals surface area contributed by atoms with Gasteiger partial charge in [0, 0.05) is 19.1 Å². The fraction of sp³-hybridized carbons (Fsp3) is 0.333. The Morgan fingerprint density at radius 3 is 2.36 bits per heavy atom. The molecule has 0 saturated heterocycles. The molecule has 0 unspecified atom stereocenters. The molecule has 0 fully saturated rings. The average molecular weight is 232 g/mol. The fourth-order valence-corrected chi connectivity index (χ4v) is 2.52. The monoisotopic (exact) mass is 232 g/mol. The molecule has 0 heterocycles. The summed E-state index contributed by atoms with van der Waals surface area (Å²) in [5, 5.41) is 0. The van der Waals surface area contributed by atoms with Crippen LogP contribution in [0.2, 0.25) is 0 Å². The molecule has 0 aromatic heterocycles. The van der Waals surface area contributed by atoms with Crippen molar-refractivity contribution in [2.45, 2.75) is 11.1 Å². The zero-order chi connectivity index (χ0) is 10.6. The lowest BCUT2D eigenvalue weighted by molar-refractivity contribution is 0.274. The summed E-state index contributed by atoms with van der Waals surface area (Å²) in [7, 11) is -0.218. The van der Waals surface area contributed by atoms with Gasteiger partial charge < -0.3 is 9.05 Å². The number of rotatable bonds is 4. The van der Waals surface area contributed by atoms with Crippen LogP contribution >= 0.6 is 20.2 Å². The van der Waals surface area contributed by atoms with Crippen LogP contribution in [0.4, 0.5) is 0 Å². The van der Waals surface area contributed by atoms with Crippen molar-refractivity contribution in [3.63, 3.8) is 0 Å². The molecular formula is C9H13O3PS. The summed E-state index contributed by atoms with van der Waals surface area (Å²) in [4.78, 5) is 0.793. The van der Waals surface area contributed by atoms with E-state index in [9.17, 15) is 4.57 Å². The van der Waals surface area contributed by atoms with E-state index in [2.05, 4.69) is 12.6 Å². The predicted molar refractivity (Wildman–Crippen MR) is 59.0 cm³/mol. The Morgan fingerprint density at radius 1 is 1.29 bits per heavy atom. The summed E-state index contributed by atoms with van der Waals surface area (Å²) in [6, 6.07) is 7.43. The van der Waals surface area contributed by atoms with Gasteiger partial charge in [0.1, 0.15) is 0 Å². The first-order valence-corrected chi connectivity index (χ1v) is 6.26. The summed E-state index contributed by atoms with van der Waals surface area (Å²) in [5.74, 6) is 0. The third-order valence-electron chi connectivity index (χ3n) is 1.91. The van der Waals surface area contributed by atoms with Crippen LogP contribution in [0.5, 0.6) is 0 Å². The molecule has 0 aliphatic heterocycles. The molecule has 0 aliphatic carbocycles. The first-order chi connectivity index (χ1) is 6.61. The zero-order valence-electron chi connectivity index (χ0n) is 8.14. The van der Waals surface area contributed by atoms with Crippen LogP contribution in [-0.2, 0) is 19.8 Å². The quantitative estimate of drug-likeness (QED) is 0.640. The van der Waals surface area contributed by atoms with E-state index in [1.807, 2.05) is 24.3 Å². The predicted octanol–water partition coefficient (Wildman–Crippen LogP) is 2.96. The summed E-state index contributed by atoms with van der Waals surface area (Å²) < 4.78 is 21.5. The Kier molecular flexibility index (Phi) is 4.20. The van der Waals surface area contributed by atoms with E-state index in [4.69, 9.17) is 9.05 Å². The van der Waals surface area contributed by atoms with Crippen LogP contribution in [0.25, 0.3) is 0 Å². The van der Waals surface area contributed by atoms with Crippen molar-refractivity contribution in [3.05, 3.63) is 29.8 Å². The SMILES string of the molecule is COP(=O)(Cc1ccccc1S)OC. The summed E-state index contributed by atoms with van der Waals surface area (Å²) in [6.45, 7) is 0. The molecule has 0 spiro atoms. The minimum atomic E-state index is -2.98. The minimum absolute atomic E-state index is 0.250. The first-order valence-electron chi connectivity index (χ1n) is 4.08. The molecule has 0 saturated carbocycles. The maximum atomic E-state index is 11.8. The molecule has 1 aromatic carbocycles. The van der Waals surface area contributed by atoms with E-state index in [1.54, 1.807) is 0 Å². The Balaban J connectivity index is 2.88. The van der Waals surface area contributed by atoms with Crippen LogP contribution in [0.3, 0.4) is 0 Å². The second kappa shape index (κ2) is 4.99. The highest BCUT2D eigenvalue weighted by atomic mass is 32.1. The highest BCUT2D eigenvalue weighted by Crippen LogP contribution is 2.50. The maximum absolute atomic E-state index is 11.8. The summed E-state index contributed by atoms with van der Waals surface area (Å²) in [6.07, 6.45) is 0.250. The van der Waals surface area contributed by atoms with E-state index < -0.39 is 7.60 Å².